The molecule has 2 heterocycles. The van der Waals surface area contributed by atoms with Gasteiger partial charge >= 0.3 is 6.36 Å². The Labute approximate surface area is 208 Å². The molecule has 6 N–H and O–H groups in total. The molecule has 0 spiro atoms. The van der Waals surface area contributed by atoms with Crippen molar-refractivity contribution >= 4 is 11.9 Å². The molecule has 0 bridgehead atoms. The molecule has 0 unspecified atom stereocenters. The Morgan fingerprint density at radius 2 is 1.76 bits per heavy atom. The van der Waals surface area contributed by atoms with Crippen LogP contribution in [0, 0.1) is 0 Å². The van der Waals surface area contributed by atoms with E-state index in [0.29, 0.717) is 34.8 Å². The normalized spacial score (nSPS) is 11.7. The minimum absolute atomic E-state index is 0.188. The second kappa shape index (κ2) is 10.8. The second-order valence-electron chi connectivity index (χ2n) is 7.64. The predicted molar refractivity (Wildman–Crippen MR) is 130 cm³/mol. The highest BCUT2D eigenvalue weighted by Crippen LogP contribution is 2.29. The standard InChI is InChI=1S/C24H21F3N8O2/c25-24(26,27)37-18-10-8-16(9-11-18)21-13-20(19-3-1-2-12-30-19)33-35(21)14-15-4-6-17(7-5-15)22(36)31-23(28)32-34-29/h1-13,34H,14,29H2,(H3,28,31,32,36). The minimum atomic E-state index is -4.78. The molecule has 190 valence electrons. The zero-order valence-electron chi connectivity index (χ0n) is 19.1. The molecule has 0 saturated heterocycles. The third-order valence-electron chi connectivity index (χ3n) is 5.07. The summed E-state index contributed by atoms with van der Waals surface area (Å²) < 4.78 is 43.3. The van der Waals surface area contributed by atoms with E-state index in [2.05, 4.69) is 25.2 Å². The molecule has 0 fully saturated rings. The van der Waals surface area contributed by atoms with Crippen molar-refractivity contribution in [1.29, 1.82) is 0 Å². The van der Waals surface area contributed by atoms with Gasteiger partial charge in [0, 0.05) is 17.3 Å². The quantitative estimate of drug-likeness (QED) is 0.129. The molecule has 4 rings (SSSR count). The minimum Gasteiger partial charge on any atom is -0.406 e. The van der Waals surface area contributed by atoms with E-state index in [9.17, 15) is 18.0 Å². The number of amides is 1. The largest absolute Gasteiger partial charge is 0.573 e. The van der Waals surface area contributed by atoms with Gasteiger partial charge < -0.3 is 10.5 Å². The number of ether oxygens (including phenoxy) is 1. The van der Waals surface area contributed by atoms with Gasteiger partial charge in [-0.3, -0.25) is 19.8 Å². The Hall–Kier alpha value is -4.91. The van der Waals surface area contributed by atoms with Crippen molar-refractivity contribution in [3.63, 3.8) is 0 Å². The molecule has 0 atom stereocenters. The summed E-state index contributed by atoms with van der Waals surface area (Å²) in [5.74, 6) is 4.05. The van der Waals surface area contributed by atoms with Gasteiger partial charge in [-0.25, -0.2) is 11.4 Å². The number of nitrogens with one attached hydrogen (secondary N) is 2. The molecule has 2 aromatic heterocycles. The van der Waals surface area contributed by atoms with Crippen LogP contribution in [-0.2, 0) is 6.54 Å². The lowest BCUT2D eigenvalue weighted by Gasteiger charge is -2.11. The number of hydrogen-bond acceptors (Lipinski definition) is 7. The van der Waals surface area contributed by atoms with Crippen LogP contribution in [0.1, 0.15) is 15.9 Å². The number of hydrazine groups is 1. The zero-order valence-corrected chi connectivity index (χ0v) is 19.1. The average Bonchev–Trinajstić information content (AvgIpc) is 3.28. The summed E-state index contributed by atoms with van der Waals surface area (Å²) in [4.78, 5) is 16.6. The number of benzene rings is 2. The maximum atomic E-state index is 12.5. The Balaban J connectivity index is 1.61. The lowest BCUT2D eigenvalue weighted by atomic mass is 10.1. The van der Waals surface area contributed by atoms with Gasteiger partial charge in [-0.2, -0.15) is 5.10 Å². The molecule has 0 aliphatic heterocycles. The number of nitrogens with zero attached hydrogens (tertiary/aromatic N) is 4. The summed E-state index contributed by atoms with van der Waals surface area (Å²) in [7, 11) is 0. The number of hydrogen-bond donors (Lipinski definition) is 4. The Morgan fingerprint density at radius 3 is 2.38 bits per heavy atom. The molecule has 0 radical (unpaired) electrons. The fourth-order valence-electron chi connectivity index (χ4n) is 3.46. The number of carbonyl (C=O) groups is 1. The van der Waals surface area contributed by atoms with Crippen molar-refractivity contribution < 1.29 is 22.7 Å². The van der Waals surface area contributed by atoms with E-state index in [-0.39, 0.29) is 11.7 Å². The molecule has 13 heteroatoms. The van der Waals surface area contributed by atoms with Crippen molar-refractivity contribution in [3.05, 3.63) is 90.1 Å². The number of rotatable bonds is 7. The molecule has 37 heavy (non-hydrogen) atoms. The summed E-state index contributed by atoms with van der Waals surface area (Å²) in [6, 6.07) is 19.5. The monoisotopic (exact) mass is 510 g/mol. The van der Waals surface area contributed by atoms with Gasteiger partial charge in [-0.1, -0.05) is 18.2 Å². The molecule has 0 aliphatic carbocycles. The van der Waals surface area contributed by atoms with E-state index in [4.69, 9.17) is 11.6 Å². The van der Waals surface area contributed by atoms with Crippen LogP contribution in [-0.4, -0.2) is 33.0 Å². The van der Waals surface area contributed by atoms with Crippen LogP contribution in [0.15, 0.2) is 84.1 Å². The number of carbonyl (C=O) groups excluding carboxylic acids is 1. The topological polar surface area (TPSA) is 145 Å². The van der Waals surface area contributed by atoms with Crippen LogP contribution in [0.4, 0.5) is 13.2 Å². The highest BCUT2D eigenvalue weighted by atomic mass is 19.4. The highest BCUT2D eigenvalue weighted by molar-refractivity contribution is 6.05. The van der Waals surface area contributed by atoms with Crippen LogP contribution < -0.4 is 27.2 Å². The maximum absolute atomic E-state index is 12.5. The van der Waals surface area contributed by atoms with E-state index in [1.165, 1.54) is 24.3 Å². The van der Waals surface area contributed by atoms with E-state index in [1.54, 1.807) is 53.3 Å². The molecule has 0 aliphatic rings. The smallest absolute Gasteiger partial charge is 0.406 e. The van der Waals surface area contributed by atoms with Crippen LogP contribution in [0.3, 0.4) is 0 Å². The lowest BCUT2D eigenvalue weighted by molar-refractivity contribution is -0.274. The fourth-order valence-corrected chi connectivity index (χ4v) is 3.46. The van der Waals surface area contributed by atoms with Crippen molar-refractivity contribution in [3.8, 4) is 28.4 Å². The molecule has 1 amide bonds. The first kappa shape index (κ1) is 25.2. The first-order valence-corrected chi connectivity index (χ1v) is 10.8. The number of aromatic nitrogens is 3. The summed E-state index contributed by atoms with van der Waals surface area (Å²) >= 11 is 0. The summed E-state index contributed by atoms with van der Waals surface area (Å²) in [6.45, 7) is 0.311. The van der Waals surface area contributed by atoms with E-state index >= 15 is 0 Å². The molecular formula is C24H21F3N8O2. The Morgan fingerprint density at radius 1 is 1.03 bits per heavy atom. The van der Waals surface area contributed by atoms with E-state index in [0.717, 1.165) is 5.56 Å². The first-order chi connectivity index (χ1) is 17.7. The molecule has 4 aromatic rings. The van der Waals surface area contributed by atoms with Gasteiger partial charge in [0.15, 0.2) is 0 Å². The number of pyridine rings is 1. The predicted octanol–water partition coefficient (Wildman–Crippen LogP) is 2.98. The number of nitrogens with two attached hydrogens (primary N) is 2. The Kier molecular flexibility index (Phi) is 7.34. The lowest BCUT2D eigenvalue weighted by Crippen LogP contribution is -2.39. The van der Waals surface area contributed by atoms with Crippen molar-refractivity contribution in [2.75, 3.05) is 0 Å². The molecule has 0 saturated carbocycles. The average molecular weight is 510 g/mol. The van der Waals surface area contributed by atoms with Gasteiger partial charge in [0.05, 0.1) is 17.9 Å². The van der Waals surface area contributed by atoms with Gasteiger partial charge in [0.25, 0.3) is 5.91 Å². The van der Waals surface area contributed by atoms with Crippen LogP contribution in [0.5, 0.6) is 5.75 Å². The number of alkyl halides is 3. The van der Waals surface area contributed by atoms with Gasteiger partial charge in [-0.15, -0.1) is 18.3 Å². The van der Waals surface area contributed by atoms with Crippen molar-refractivity contribution in [2.24, 2.45) is 16.7 Å². The van der Waals surface area contributed by atoms with Crippen LogP contribution >= 0.6 is 0 Å². The molecular weight excluding hydrogens is 489 g/mol. The van der Waals surface area contributed by atoms with Crippen LogP contribution in [0.2, 0.25) is 0 Å². The van der Waals surface area contributed by atoms with Gasteiger partial charge in [0.1, 0.15) is 11.4 Å². The van der Waals surface area contributed by atoms with Gasteiger partial charge in [-0.05, 0) is 60.2 Å². The van der Waals surface area contributed by atoms with Crippen LogP contribution in [0.25, 0.3) is 22.6 Å². The third kappa shape index (κ3) is 6.61. The highest BCUT2D eigenvalue weighted by Gasteiger charge is 2.31. The number of hydrazone groups is 1. The maximum Gasteiger partial charge on any atom is 0.573 e. The zero-order chi connectivity index (χ0) is 26.4. The third-order valence-corrected chi connectivity index (χ3v) is 5.07. The van der Waals surface area contributed by atoms with Gasteiger partial charge in [0.2, 0.25) is 5.96 Å². The first-order valence-electron chi connectivity index (χ1n) is 10.8. The summed E-state index contributed by atoms with van der Waals surface area (Å²) in [5, 5.41) is 10.5. The van der Waals surface area contributed by atoms with E-state index < -0.39 is 12.3 Å². The number of halogens is 3. The summed E-state index contributed by atoms with van der Waals surface area (Å²) in [6.07, 6.45) is -3.14. The Bertz CT molecular complexity index is 1390. The second-order valence-corrected chi connectivity index (χ2v) is 7.64. The van der Waals surface area contributed by atoms with E-state index in [1.807, 2.05) is 11.6 Å². The fraction of sp³-hybridized carbons (Fsp3) is 0.0833. The van der Waals surface area contributed by atoms with Crippen molar-refractivity contribution in [2.45, 2.75) is 12.9 Å². The number of guanidine groups is 1. The molecule has 2 aromatic carbocycles. The summed E-state index contributed by atoms with van der Waals surface area (Å²) in [5.41, 5.74) is 11.2. The van der Waals surface area contributed by atoms with Crippen molar-refractivity contribution in [1.82, 2.24) is 25.6 Å². The molecule has 10 nitrogen and oxygen atoms in total. The SMILES string of the molecule is NN/N=C(\N)NC(=O)c1ccc(Cn2nc(-c3ccccn3)cc2-c2ccc(OC(F)(F)F)cc2)cc1.